The number of nitrogens with zero attached hydrogens (tertiary/aromatic N) is 1. The van der Waals surface area contributed by atoms with Crippen molar-refractivity contribution in [3.8, 4) is 5.75 Å². The quantitative estimate of drug-likeness (QED) is 0.848. The number of hydrogen-bond acceptors (Lipinski definition) is 2. The maximum absolute atomic E-state index is 10.9. The molecule has 0 saturated carbocycles. The molecule has 4 heteroatoms. The summed E-state index contributed by atoms with van der Waals surface area (Å²) in [4.78, 5) is 12.4. The molecule has 2 amide bonds. The molecule has 0 aliphatic rings. The Labute approximate surface area is 96.0 Å². The van der Waals surface area contributed by atoms with Crippen LogP contribution in [0.25, 0.3) is 0 Å². The monoisotopic (exact) mass is 222 g/mol. The average Bonchev–Trinajstić information content (AvgIpc) is 2.25. The van der Waals surface area contributed by atoms with Gasteiger partial charge in [-0.15, -0.1) is 0 Å². The van der Waals surface area contributed by atoms with Crippen molar-refractivity contribution in [2.75, 3.05) is 14.2 Å². The highest BCUT2D eigenvalue weighted by Crippen LogP contribution is 2.24. The van der Waals surface area contributed by atoms with Crippen LogP contribution in [0.5, 0.6) is 5.75 Å². The van der Waals surface area contributed by atoms with Gasteiger partial charge in [-0.2, -0.15) is 0 Å². The molecule has 0 spiro atoms. The smallest absolute Gasteiger partial charge is 0.314 e. The maximum Gasteiger partial charge on any atom is 0.314 e. The van der Waals surface area contributed by atoms with Gasteiger partial charge >= 0.3 is 6.03 Å². The molecule has 0 fully saturated rings. The van der Waals surface area contributed by atoms with E-state index in [0.717, 1.165) is 22.4 Å². The van der Waals surface area contributed by atoms with Crippen LogP contribution in [0.1, 0.15) is 16.7 Å². The van der Waals surface area contributed by atoms with E-state index < -0.39 is 6.03 Å². The van der Waals surface area contributed by atoms with Crippen molar-refractivity contribution in [3.05, 3.63) is 28.8 Å². The molecule has 0 radical (unpaired) electrons. The predicted molar refractivity (Wildman–Crippen MR) is 63.5 cm³/mol. The number of benzene rings is 1. The van der Waals surface area contributed by atoms with Crippen LogP contribution < -0.4 is 10.5 Å². The number of hydrogen-bond donors (Lipinski definition) is 1. The summed E-state index contributed by atoms with van der Waals surface area (Å²) >= 11 is 0. The Balaban J connectivity index is 2.99. The summed E-state index contributed by atoms with van der Waals surface area (Å²) in [7, 11) is 3.33. The molecule has 0 aliphatic heterocycles. The van der Waals surface area contributed by atoms with E-state index in [0.29, 0.717) is 6.54 Å². The lowest BCUT2D eigenvalue weighted by atomic mass is 10.0. The number of carbonyl (C=O) groups is 1. The lowest BCUT2D eigenvalue weighted by molar-refractivity contribution is 0.216. The Hall–Kier alpha value is -1.71. The zero-order valence-corrected chi connectivity index (χ0v) is 10.2. The van der Waals surface area contributed by atoms with Gasteiger partial charge in [-0.05, 0) is 36.6 Å². The lowest BCUT2D eigenvalue weighted by Gasteiger charge is -2.18. The number of ether oxygens (including phenoxy) is 1. The van der Waals surface area contributed by atoms with Gasteiger partial charge in [0.2, 0.25) is 0 Å². The van der Waals surface area contributed by atoms with Crippen molar-refractivity contribution in [2.24, 2.45) is 5.73 Å². The van der Waals surface area contributed by atoms with E-state index in [4.69, 9.17) is 10.5 Å². The molecule has 0 aromatic heterocycles. The molecule has 0 heterocycles. The molecular weight excluding hydrogens is 204 g/mol. The van der Waals surface area contributed by atoms with E-state index in [9.17, 15) is 4.79 Å². The largest absolute Gasteiger partial charge is 0.496 e. The number of methoxy groups -OCH3 is 1. The second-order valence-corrected chi connectivity index (χ2v) is 3.87. The topological polar surface area (TPSA) is 55.6 Å². The van der Waals surface area contributed by atoms with E-state index in [2.05, 4.69) is 0 Å². The molecule has 4 nitrogen and oxygen atoms in total. The van der Waals surface area contributed by atoms with Crippen LogP contribution >= 0.6 is 0 Å². The molecule has 0 atom stereocenters. The molecule has 1 aromatic carbocycles. The summed E-state index contributed by atoms with van der Waals surface area (Å²) in [5.74, 6) is 0.864. The highest BCUT2D eigenvalue weighted by Gasteiger charge is 2.10. The number of amides is 2. The van der Waals surface area contributed by atoms with Crippen molar-refractivity contribution >= 4 is 6.03 Å². The number of urea groups is 1. The Morgan fingerprint density at radius 3 is 2.50 bits per heavy atom. The molecule has 0 bridgehead atoms. The highest BCUT2D eigenvalue weighted by atomic mass is 16.5. The number of carbonyl (C=O) groups excluding carboxylic acids is 1. The molecule has 0 unspecified atom stereocenters. The lowest BCUT2D eigenvalue weighted by Crippen LogP contribution is -2.31. The Bertz CT molecular complexity index is 402. The fraction of sp³-hybridized carbons (Fsp3) is 0.417. The molecule has 1 aromatic rings. The molecule has 88 valence electrons. The maximum atomic E-state index is 10.9. The van der Waals surface area contributed by atoms with Crippen molar-refractivity contribution in [1.82, 2.24) is 4.90 Å². The van der Waals surface area contributed by atoms with Gasteiger partial charge in [0, 0.05) is 13.6 Å². The first-order valence-electron chi connectivity index (χ1n) is 5.11. The summed E-state index contributed by atoms with van der Waals surface area (Å²) < 4.78 is 5.23. The summed E-state index contributed by atoms with van der Waals surface area (Å²) in [6.07, 6.45) is 0. The van der Waals surface area contributed by atoms with Gasteiger partial charge in [-0.25, -0.2) is 4.79 Å². The highest BCUT2D eigenvalue weighted by molar-refractivity contribution is 5.71. The predicted octanol–water partition coefficient (Wildman–Crippen LogP) is 1.82. The molecular formula is C12H18N2O2. The van der Waals surface area contributed by atoms with Crippen LogP contribution in [0.15, 0.2) is 12.1 Å². The van der Waals surface area contributed by atoms with Crippen LogP contribution in [0.2, 0.25) is 0 Å². The fourth-order valence-corrected chi connectivity index (χ4v) is 1.58. The van der Waals surface area contributed by atoms with Crippen molar-refractivity contribution < 1.29 is 9.53 Å². The summed E-state index contributed by atoms with van der Waals surface area (Å²) in [5, 5.41) is 0. The first-order chi connectivity index (χ1) is 7.47. The SMILES string of the molecule is COc1ccc(CN(C)C(N)=O)c(C)c1C. The van der Waals surface area contributed by atoms with Gasteiger partial charge < -0.3 is 15.4 Å². The van der Waals surface area contributed by atoms with Crippen LogP contribution in [0, 0.1) is 13.8 Å². The van der Waals surface area contributed by atoms with Gasteiger partial charge in [0.1, 0.15) is 5.75 Å². The third kappa shape index (κ3) is 2.45. The van der Waals surface area contributed by atoms with Gasteiger partial charge in [0.25, 0.3) is 0 Å². The normalized spacial score (nSPS) is 10.0. The third-order valence-electron chi connectivity index (χ3n) is 2.85. The van der Waals surface area contributed by atoms with Gasteiger partial charge in [-0.1, -0.05) is 6.07 Å². The van der Waals surface area contributed by atoms with Crippen molar-refractivity contribution in [2.45, 2.75) is 20.4 Å². The fourth-order valence-electron chi connectivity index (χ4n) is 1.58. The van der Waals surface area contributed by atoms with Crippen molar-refractivity contribution in [3.63, 3.8) is 0 Å². The zero-order chi connectivity index (χ0) is 12.3. The zero-order valence-electron chi connectivity index (χ0n) is 10.2. The molecule has 1 rings (SSSR count). The molecule has 2 N–H and O–H groups in total. The minimum Gasteiger partial charge on any atom is -0.496 e. The van der Waals surface area contributed by atoms with Crippen LogP contribution in [0.3, 0.4) is 0 Å². The van der Waals surface area contributed by atoms with Gasteiger partial charge in [-0.3, -0.25) is 0 Å². The first kappa shape index (κ1) is 12.4. The second kappa shape index (κ2) is 4.88. The average molecular weight is 222 g/mol. The standard InChI is InChI=1S/C12H18N2O2/c1-8-9(2)11(16-4)6-5-10(8)7-14(3)12(13)15/h5-6H,7H2,1-4H3,(H2,13,15). The summed E-state index contributed by atoms with van der Waals surface area (Å²) in [5.41, 5.74) is 8.50. The Morgan fingerprint density at radius 1 is 1.38 bits per heavy atom. The van der Waals surface area contributed by atoms with E-state index in [1.165, 1.54) is 4.90 Å². The van der Waals surface area contributed by atoms with Crippen LogP contribution in [-0.2, 0) is 6.54 Å². The van der Waals surface area contributed by atoms with E-state index in [-0.39, 0.29) is 0 Å². The summed E-state index contributed by atoms with van der Waals surface area (Å²) in [6, 6.07) is 3.44. The van der Waals surface area contributed by atoms with Crippen molar-refractivity contribution in [1.29, 1.82) is 0 Å². The molecule has 16 heavy (non-hydrogen) atoms. The molecule has 0 saturated heterocycles. The first-order valence-corrected chi connectivity index (χ1v) is 5.11. The van der Waals surface area contributed by atoms with E-state index in [1.807, 2.05) is 26.0 Å². The number of rotatable bonds is 3. The van der Waals surface area contributed by atoms with Crippen LogP contribution in [0.4, 0.5) is 4.79 Å². The van der Waals surface area contributed by atoms with Crippen LogP contribution in [-0.4, -0.2) is 25.1 Å². The van der Waals surface area contributed by atoms with E-state index in [1.54, 1.807) is 14.2 Å². The minimum atomic E-state index is -0.423. The Kier molecular flexibility index (Phi) is 3.77. The van der Waals surface area contributed by atoms with Gasteiger partial charge in [0.15, 0.2) is 0 Å². The number of nitrogens with two attached hydrogens (primary N) is 1. The molecule has 0 aliphatic carbocycles. The number of primary amides is 1. The third-order valence-corrected chi connectivity index (χ3v) is 2.85. The van der Waals surface area contributed by atoms with Gasteiger partial charge in [0.05, 0.1) is 7.11 Å². The minimum absolute atomic E-state index is 0.423. The Morgan fingerprint density at radius 2 is 2.00 bits per heavy atom. The second-order valence-electron chi connectivity index (χ2n) is 3.87. The van der Waals surface area contributed by atoms with E-state index >= 15 is 0 Å². The summed E-state index contributed by atoms with van der Waals surface area (Å²) in [6.45, 7) is 4.54.